The van der Waals surface area contributed by atoms with Crippen LogP contribution in [0.2, 0.25) is 0 Å². The first kappa shape index (κ1) is 23.0. The summed E-state index contributed by atoms with van der Waals surface area (Å²) in [5.41, 5.74) is -1.68. The molecule has 3 rings (SSSR count). The summed E-state index contributed by atoms with van der Waals surface area (Å²) in [6, 6.07) is 0.351. The van der Waals surface area contributed by atoms with Crippen molar-refractivity contribution in [3.8, 4) is 0 Å². The summed E-state index contributed by atoms with van der Waals surface area (Å²) in [5, 5.41) is 16.4. The van der Waals surface area contributed by atoms with Gasteiger partial charge in [-0.2, -0.15) is 13.2 Å². The van der Waals surface area contributed by atoms with E-state index >= 15 is 4.39 Å². The van der Waals surface area contributed by atoms with Crippen LogP contribution in [-0.4, -0.2) is 49.4 Å². The topological polar surface area (TPSA) is 87.5 Å². The molecule has 1 saturated carbocycles. The first-order chi connectivity index (χ1) is 14.5. The van der Waals surface area contributed by atoms with Crippen LogP contribution >= 0.6 is 0 Å². The number of carbonyl (C=O) groups is 1. The molecule has 1 aliphatic carbocycles. The van der Waals surface area contributed by atoms with Crippen LogP contribution in [0.4, 0.5) is 39.0 Å². The molecule has 2 aliphatic rings. The van der Waals surface area contributed by atoms with E-state index in [2.05, 4.69) is 10.6 Å². The Morgan fingerprint density at radius 1 is 1.23 bits per heavy atom. The minimum Gasteiger partial charge on any atom is -0.380 e. The molecular weight excluding hydrogens is 427 g/mol. The summed E-state index contributed by atoms with van der Waals surface area (Å²) in [6.07, 6.45) is -5.54. The number of nitro benzene ring substituents is 1. The van der Waals surface area contributed by atoms with Crippen LogP contribution in [0.1, 0.15) is 42.5 Å². The standard InChI is InChI=1S/C19H23F5N4O3/c1-25-16-14(28(30)31)8-13(17(15(16)21)27-7-6-11(20)9-27)18(29)26-12-4-2-10(3-5-12)19(22,23)24/h8,10-12,25H,2-7,9H2,1H3,(H,26,29)/t10-,11-,12-/m1/s1. The third-order valence-electron chi connectivity index (χ3n) is 5.88. The number of alkyl halides is 4. The molecule has 31 heavy (non-hydrogen) atoms. The summed E-state index contributed by atoms with van der Waals surface area (Å²) in [5.74, 6) is -3.31. The van der Waals surface area contributed by atoms with Crippen molar-refractivity contribution < 1.29 is 31.7 Å². The van der Waals surface area contributed by atoms with Gasteiger partial charge in [0.1, 0.15) is 6.17 Å². The van der Waals surface area contributed by atoms with Crippen LogP contribution in [0.5, 0.6) is 0 Å². The minimum absolute atomic E-state index is 0.0840. The smallest absolute Gasteiger partial charge is 0.380 e. The van der Waals surface area contributed by atoms with Crippen molar-refractivity contribution in [2.45, 2.75) is 50.5 Å². The Balaban J connectivity index is 1.90. The molecule has 1 atom stereocenters. The van der Waals surface area contributed by atoms with E-state index in [1.165, 1.54) is 11.9 Å². The summed E-state index contributed by atoms with van der Waals surface area (Å²) >= 11 is 0. The van der Waals surface area contributed by atoms with Crippen LogP contribution in [0, 0.1) is 21.8 Å². The predicted octanol–water partition coefficient (Wildman–Crippen LogP) is 4.17. The lowest BCUT2D eigenvalue weighted by molar-refractivity contribution is -0.384. The summed E-state index contributed by atoms with van der Waals surface area (Å²) in [7, 11) is 1.29. The van der Waals surface area contributed by atoms with Crippen LogP contribution < -0.4 is 15.5 Å². The van der Waals surface area contributed by atoms with Gasteiger partial charge in [-0.3, -0.25) is 14.9 Å². The van der Waals surface area contributed by atoms with Gasteiger partial charge in [0.25, 0.3) is 11.6 Å². The third-order valence-corrected chi connectivity index (χ3v) is 5.88. The van der Waals surface area contributed by atoms with Gasteiger partial charge in [0.05, 0.1) is 22.1 Å². The summed E-state index contributed by atoms with van der Waals surface area (Å²) in [6.45, 7) is -0.0507. The van der Waals surface area contributed by atoms with E-state index < -0.39 is 52.3 Å². The predicted molar refractivity (Wildman–Crippen MR) is 104 cm³/mol. The Bertz CT molecular complexity index is 856. The lowest BCUT2D eigenvalue weighted by Crippen LogP contribution is -2.40. The molecule has 0 aromatic heterocycles. The highest BCUT2D eigenvalue weighted by molar-refractivity contribution is 6.02. The van der Waals surface area contributed by atoms with Gasteiger partial charge in [0.2, 0.25) is 0 Å². The number of benzene rings is 1. The van der Waals surface area contributed by atoms with Gasteiger partial charge in [0, 0.05) is 32.2 Å². The maximum atomic E-state index is 15.2. The zero-order valence-corrected chi connectivity index (χ0v) is 16.8. The normalized spacial score (nSPS) is 24.2. The number of hydrogen-bond donors (Lipinski definition) is 2. The Morgan fingerprint density at radius 2 is 1.87 bits per heavy atom. The summed E-state index contributed by atoms with van der Waals surface area (Å²) < 4.78 is 67.5. The number of hydrogen-bond acceptors (Lipinski definition) is 5. The van der Waals surface area contributed by atoms with Crippen LogP contribution in [0.25, 0.3) is 0 Å². The second kappa shape index (κ2) is 8.83. The van der Waals surface area contributed by atoms with Crippen molar-refractivity contribution in [2.24, 2.45) is 5.92 Å². The van der Waals surface area contributed by atoms with E-state index in [4.69, 9.17) is 0 Å². The lowest BCUT2D eigenvalue weighted by atomic mass is 9.85. The molecule has 0 unspecified atom stereocenters. The van der Waals surface area contributed by atoms with Gasteiger partial charge in [-0.05, 0) is 32.1 Å². The number of nitrogens with zero attached hydrogens (tertiary/aromatic N) is 2. The largest absolute Gasteiger partial charge is 0.391 e. The van der Waals surface area contributed by atoms with E-state index in [1.807, 2.05) is 0 Å². The van der Waals surface area contributed by atoms with Gasteiger partial charge >= 0.3 is 6.18 Å². The number of anilines is 2. The van der Waals surface area contributed by atoms with Crippen molar-refractivity contribution in [2.75, 3.05) is 30.4 Å². The first-order valence-electron chi connectivity index (χ1n) is 9.98. The fourth-order valence-electron chi connectivity index (χ4n) is 4.24. The maximum Gasteiger partial charge on any atom is 0.391 e. The SMILES string of the molecule is CNc1c([N+](=O)[O-])cc(C(=O)N[C@H]2CC[C@H](C(F)(F)F)CC2)c(N2CC[C@@H](F)C2)c1F. The Labute approximate surface area is 175 Å². The molecule has 0 bridgehead atoms. The van der Waals surface area contributed by atoms with Gasteiger partial charge in [-0.1, -0.05) is 0 Å². The zero-order valence-electron chi connectivity index (χ0n) is 16.8. The summed E-state index contributed by atoms with van der Waals surface area (Å²) in [4.78, 5) is 24.8. The van der Waals surface area contributed by atoms with Crippen LogP contribution in [-0.2, 0) is 0 Å². The lowest BCUT2D eigenvalue weighted by Gasteiger charge is -2.31. The number of amides is 1. The monoisotopic (exact) mass is 450 g/mol. The number of nitrogens with one attached hydrogen (secondary N) is 2. The Kier molecular flexibility index (Phi) is 6.56. The molecule has 12 heteroatoms. The molecule has 0 radical (unpaired) electrons. The van der Waals surface area contributed by atoms with Crippen molar-refractivity contribution >= 4 is 23.0 Å². The Morgan fingerprint density at radius 3 is 2.35 bits per heavy atom. The van der Waals surface area contributed by atoms with E-state index in [-0.39, 0.29) is 56.4 Å². The van der Waals surface area contributed by atoms with Crippen molar-refractivity contribution in [1.29, 1.82) is 0 Å². The fourth-order valence-corrected chi connectivity index (χ4v) is 4.24. The van der Waals surface area contributed by atoms with Gasteiger partial charge in [-0.25, -0.2) is 8.78 Å². The molecule has 1 aromatic carbocycles. The van der Waals surface area contributed by atoms with E-state index in [0.29, 0.717) is 0 Å². The van der Waals surface area contributed by atoms with Crippen molar-refractivity contribution in [3.05, 3.63) is 27.6 Å². The zero-order chi connectivity index (χ0) is 22.9. The molecule has 1 amide bonds. The minimum atomic E-state index is -4.30. The van der Waals surface area contributed by atoms with Crippen LogP contribution in [0.3, 0.4) is 0 Å². The Hall–Kier alpha value is -2.66. The highest BCUT2D eigenvalue weighted by Crippen LogP contribution is 2.40. The van der Waals surface area contributed by atoms with Gasteiger partial charge in [-0.15, -0.1) is 0 Å². The maximum absolute atomic E-state index is 15.2. The number of halogens is 5. The number of nitro groups is 1. The van der Waals surface area contributed by atoms with Crippen LogP contribution in [0.15, 0.2) is 6.07 Å². The van der Waals surface area contributed by atoms with Gasteiger partial charge in [0.15, 0.2) is 11.5 Å². The number of carbonyl (C=O) groups excluding carboxylic acids is 1. The second-order valence-electron chi connectivity index (χ2n) is 7.88. The molecule has 7 nitrogen and oxygen atoms in total. The first-order valence-corrected chi connectivity index (χ1v) is 9.98. The average Bonchev–Trinajstić information content (AvgIpc) is 3.12. The van der Waals surface area contributed by atoms with E-state index in [9.17, 15) is 32.5 Å². The molecule has 1 saturated heterocycles. The quantitative estimate of drug-likeness (QED) is 0.399. The second-order valence-corrected chi connectivity index (χ2v) is 7.88. The number of rotatable bonds is 5. The molecular formula is C19H23F5N4O3. The van der Waals surface area contributed by atoms with Gasteiger partial charge < -0.3 is 15.5 Å². The van der Waals surface area contributed by atoms with E-state index in [1.54, 1.807) is 0 Å². The third kappa shape index (κ3) is 4.82. The highest BCUT2D eigenvalue weighted by atomic mass is 19.4. The highest BCUT2D eigenvalue weighted by Gasteiger charge is 2.42. The molecule has 172 valence electrons. The molecule has 2 N–H and O–H groups in total. The molecule has 0 spiro atoms. The molecule has 1 aliphatic heterocycles. The van der Waals surface area contributed by atoms with Crippen molar-refractivity contribution in [3.63, 3.8) is 0 Å². The van der Waals surface area contributed by atoms with Crippen molar-refractivity contribution in [1.82, 2.24) is 5.32 Å². The molecule has 1 heterocycles. The average molecular weight is 450 g/mol. The molecule has 2 fully saturated rings. The fraction of sp³-hybridized carbons (Fsp3) is 0.632. The van der Waals surface area contributed by atoms with E-state index in [0.717, 1.165) is 6.07 Å². The molecule has 1 aromatic rings.